The summed E-state index contributed by atoms with van der Waals surface area (Å²) in [5.74, 6) is 1.11. The third-order valence-corrected chi connectivity index (χ3v) is 3.78. The molecule has 2 rings (SSSR count). The van der Waals surface area contributed by atoms with Crippen LogP contribution in [-0.4, -0.2) is 24.3 Å². The highest BCUT2D eigenvalue weighted by Crippen LogP contribution is 2.23. The molecule has 4 heteroatoms. The zero-order valence-corrected chi connectivity index (χ0v) is 14.9. The molecule has 2 aromatic rings. The molecule has 0 saturated heterocycles. The molecule has 0 aromatic heterocycles. The van der Waals surface area contributed by atoms with Crippen molar-refractivity contribution in [3.8, 4) is 11.5 Å². The van der Waals surface area contributed by atoms with E-state index in [1.54, 1.807) is 6.08 Å². The maximum absolute atomic E-state index is 10.5. The Morgan fingerprint density at radius 2 is 1.64 bits per heavy atom. The van der Waals surface area contributed by atoms with Crippen molar-refractivity contribution >= 4 is 12.0 Å². The van der Waals surface area contributed by atoms with E-state index in [4.69, 9.17) is 14.6 Å². The highest BCUT2D eigenvalue weighted by Gasteiger charge is 2.04. The van der Waals surface area contributed by atoms with Crippen LogP contribution >= 0.6 is 0 Å². The molecule has 132 valence electrons. The first-order valence-electron chi connectivity index (χ1n) is 8.33. The van der Waals surface area contributed by atoms with Crippen molar-refractivity contribution in [2.45, 2.75) is 26.7 Å². The molecule has 0 radical (unpaired) electrons. The van der Waals surface area contributed by atoms with Crippen LogP contribution < -0.4 is 9.47 Å². The average molecular weight is 340 g/mol. The minimum Gasteiger partial charge on any atom is -0.490 e. The van der Waals surface area contributed by atoms with Gasteiger partial charge >= 0.3 is 5.97 Å². The average Bonchev–Trinajstić information content (AvgIpc) is 2.57. The summed E-state index contributed by atoms with van der Waals surface area (Å²) in [6, 6.07) is 13.4. The van der Waals surface area contributed by atoms with E-state index >= 15 is 0 Å². The highest BCUT2D eigenvalue weighted by atomic mass is 16.5. The van der Waals surface area contributed by atoms with Gasteiger partial charge in [0.2, 0.25) is 0 Å². The smallest absolute Gasteiger partial charge is 0.328 e. The lowest BCUT2D eigenvalue weighted by Gasteiger charge is -2.13. The Bertz CT molecular complexity index is 730. The van der Waals surface area contributed by atoms with Crippen molar-refractivity contribution in [2.75, 3.05) is 13.2 Å². The maximum Gasteiger partial charge on any atom is 0.328 e. The number of hydrogen-bond acceptors (Lipinski definition) is 3. The summed E-state index contributed by atoms with van der Waals surface area (Å²) in [6.07, 6.45) is 2.65. The Hall–Kier alpha value is -2.75. The number of carboxylic acid groups (broad SMARTS) is 1. The Labute approximate surface area is 148 Å². The SMILES string of the molecule is Cc1cc(OCCOc2ccc(/C=C/C(=O)O)cc2)ccc1C(C)C. The molecule has 0 atom stereocenters. The second kappa shape index (κ2) is 8.92. The van der Waals surface area contributed by atoms with Gasteiger partial charge in [-0.1, -0.05) is 32.0 Å². The van der Waals surface area contributed by atoms with Crippen molar-refractivity contribution in [2.24, 2.45) is 0 Å². The first-order chi connectivity index (χ1) is 12.0. The number of benzene rings is 2. The van der Waals surface area contributed by atoms with Gasteiger partial charge in [0, 0.05) is 6.08 Å². The fraction of sp³-hybridized carbons (Fsp3) is 0.286. The van der Waals surface area contributed by atoms with E-state index in [2.05, 4.69) is 32.9 Å². The monoisotopic (exact) mass is 340 g/mol. The van der Waals surface area contributed by atoms with Crippen LogP contribution in [0.5, 0.6) is 11.5 Å². The minimum absolute atomic E-state index is 0.440. The number of hydrogen-bond donors (Lipinski definition) is 1. The fourth-order valence-electron chi connectivity index (χ4n) is 2.55. The fourth-order valence-corrected chi connectivity index (χ4v) is 2.55. The van der Waals surface area contributed by atoms with Gasteiger partial charge in [0.25, 0.3) is 0 Å². The first-order valence-corrected chi connectivity index (χ1v) is 8.33. The molecular formula is C21H24O4. The summed E-state index contributed by atoms with van der Waals surface area (Å²) in [7, 11) is 0. The Balaban J connectivity index is 1.79. The van der Waals surface area contributed by atoms with E-state index in [0.717, 1.165) is 23.1 Å². The molecule has 0 saturated carbocycles. The maximum atomic E-state index is 10.5. The lowest BCUT2D eigenvalue weighted by molar-refractivity contribution is -0.131. The van der Waals surface area contributed by atoms with Crippen LogP contribution in [0, 0.1) is 6.92 Å². The van der Waals surface area contributed by atoms with Crippen LogP contribution in [0.15, 0.2) is 48.5 Å². The van der Waals surface area contributed by atoms with Crippen LogP contribution in [0.2, 0.25) is 0 Å². The Morgan fingerprint density at radius 1 is 1.04 bits per heavy atom. The van der Waals surface area contributed by atoms with Gasteiger partial charge in [0.05, 0.1) is 0 Å². The summed E-state index contributed by atoms with van der Waals surface area (Å²) in [6.45, 7) is 7.36. The standard InChI is InChI=1S/C21H24O4/c1-15(2)20-10-9-19(14-16(20)3)25-13-12-24-18-7-4-17(5-8-18)6-11-21(22)23/h4-11,14-15H,12-13H2,1-3H3,(H,22,23)/b11-6+. The van der Waals surface area contributed by atoms with Crippen LogP contribution in [0.4, 0.5) is 0 Å². The lowest BCUT2D eigenvalue weighted by atomic mass is 9.98. The highest BCUT2D eigenvalue weighted by molar-refractivity contribution is 5.85. The third kappa shape index (κ3) is 5.99. The molecule has 0 aliphatic heterocycles. The Morgan fingerprint density at radius 3 is 2.20 bits per heavy atom. The van der Waals surface area contributed by atoms with Gasteiger partial charge in [-0.15, -0.1) is 0 Å². The van der Waals surface area contributed by atoms with Gasteiger partial charge in [-0.2, -0.15) is 0 Å². The second-order valence-electron chi connectivity index (χ2n) is 6.11. The molecule has 0 aliphatic rings. The topological polar surface area (TPSA) is 55.8 Å². The van der Waals surface area contributed by atoms with Crippen LogP contribution in [0.1, 0.15) is 36.5 Å². The van der Waals surface area contributed by atoms with Crippen molar-refractivity contribution < 1.29 is 19.4 Å². The van der Waals surface area contributed by atoms with E-state index in [1.165, 1.54) is 11.1 Å². The van der Waals surface area contributed by atoms with Crippen LogP contribution in [0.3, 0.4) is 0 Å². The molecule has 0 unspecified atom stereocenters. The summed E-state index contributed by atoms with van der Waals surface area (Å²) in [5, 5.41) is 8.60. The molecule has 0 spiro atoms. The molecule has 0 amide bonds. The largest absolute Gasteiger partial charge is 0.490 e. The van der Waals surface area contributed by atoms with Gasteiger partial charge in [-0.25, -0.2) is 4.79 Å². The van der Waals surface area contributed by atoms with Gasteiger partial charge in [-0.3, -0.25) is 0 Å². The van der Waals surface area contributed by atoms with Gasteiger partial charge in [0.1, 0.15) is 24.7 Å². The van der Waals surface area contributed by atoms with Crippen molar-refractivity contribution in [3.05, 3.63) is 65.2 Å². The zero-order valence-electron chi connectivity index (χ0n) is 14.9. The zero-order chi connectivity index (χ0) is 18.2. The number of ether oxygens (including phenoxy) is 2. The quantitative estimate of drug-likeness (QED) is 0.560. The van der Waals surface area contributed by atoms with Crippen LogP contribution in [0.25, 0.3) is 6.08 Å². The van der Waals surface area contributed by atoms with Gasteiger partial charge in [0.15, 0.2) is 0 Å². The third-order valence-electron chi connectivity index (χ3n) is 3.78. The van der Waals surface area contributed by atoms with E-state index in [9.17, 15) is 4.79 Å². The summed E-state index contributed by atoms with van der Waals surface area (Å²) in [5.41, 5.74) is 3.38. The van der Waals surface area contributed by atoms with Gasteiger partial charge < -0.3 is 14.6 Å². The van der Waals surface area contributed by atoms with Crippen molar-refractivity contribution in [1.82, 2.24) is 0 Å². The number of carbonyl (C=O) groups is 1. The van der Waals surface area contributed by atoms with Crippen LogP contribution in [-0.2, 0) is 4.79 Å². The molecule has 0 heterocycles. The van der Waals surface area contributed by atoms with Gasteiger partial charge in [-0.05, 0) is 59.9 Å². The molecular weight excluding hydrogens is 316 g/mol. The van der Waals surface area contributed by atoms with E-state index in [0.29, 0.717) is 19.1 Å². The predicted molar refractivity (Wildman–Crippen MR) is 99.4 cm³/mol. The lowest BCUT2D eigenvalue weighted by Crippen LogP contribution is -2.09. The summed E-state index contributed by atoms with van der Waals surface area (Å²) < 4.78 is 11.4. The van der Waals surface area contributed by atoms with Crippen molar-refractivity contribution in [1.29, 1.82) is 0 Å². The predicted octanol–water partition coefficient (Wildman–Crippen LogP) is 4.67. The second-order valence-corrected chi connectivity index (χ2v) is 6.11. The first kappa shape index (κ1) is 18.6. The molecule has 0 fully saturated rings. The number of aryl methyl sites for hydroxylation is 1. The van der Waals surface area contributed by atoms with E-state index in [1.807, 2.05) is 30.3 Å². The Kier molecular flexibility index (Phi) is 6.63. The molecule has 0 bridgehead atoms. The van der Waals surface area contributed by atoms with Crippen molar-refractivity contribution in [3.63, 3.8) is 0 Å². The number of aliphatic carboxylic acids is 1. The molecule has 0 aliphatic carbocycles. The summed E-state index contributed by atoms with van der Waals surface area (Å²) in [4.78, 5) is 10.5. The molecule has 4 nitrogen and oxygen atoms in total. The molecule has 1 N–H and O–H groups in total. The van der Waals surface area contributed by atoms with E-state index in [-0.39, 0.29) is 0 Å². The van der Waals surface area contributed by atoms with E-state index < -0.39 is 5.97 Å². The normalized spacial score (nSPS) is 11.0. The summed E-state index contributed by atoms with van der Waals surface area (Å²) >= 11 is 0. The number of rotatable bonds is 8. The minimum atomic E-state index is -0.964. The number of carboxylic acids is 1. The molecule has 2 aromatic carbocycles. The molecule has 25 heavy (non-hydrogen) atoms.